The summed E-state index contributed by atoms with van der Waals surface area (Å²) in [6.45, 7) is 4.70. The number of aromatic hydroxyl groups is 1. The summed E-state index contributed by atoms with van der Waals surface area (Å²) < 4.78 is 0. The standard InChI is InChI=1S/C19H25NO/c1-15(20-12-6-2-3-7-13-20)14-17-11-10-16-8-4-5-9-18(16)19(17)21/h4-5,8-11,15,21H,2-3,6-7,12-14H2,1H3. The maximum absolute atomic E-state index is 10.5. The molecular weight excluding hydrogens is 258 g/mol. The second-order valence-corrected chi connectivity index (χ2v) is 6.30. The van der Waals surface area contributed by atoms with E-state index in [2.05, 4.69) is 30.0 Å². The van der Waals surface area contributed by atoms with E-state index >= 15 is 0 Å². The fourth-order valence-corrected chi connectivity index (χ4v) is 3.45. The lowest BCUT2D eigenvalue weighted by Crippen LogP contribution is -2.35. The van der Waals surface area contributed by atoms with Crippen molar-refractivity contribution < 1.29 is 5.11 Å². The molecule has 1 heterocycles. The van der Waals surface area contributed by atoms with E-state index in [4.69, 9.17) is 0 Å². The summed E-state index contributed by atoms with van der Waals surface area (Å²) in [7, 11) is 0. The van der Waals surface area contributed by atoms with Crippen molar-refractivity contribution in [1.29, 1.82) is 0 Å². The zero-order valence-electron chi connectivity index (χ0n) is 12.9. The molecule has 0 radical (unpaired) electrons. The minimum absolute atomic E-state index is 0.467. The summed E-state index contributed by atoms with van der Waals surface area (Å²) in [5, 5.41) is 12.6. The number of hydrogen-bond acceptors (Lipinski definition) is 2. The third-order valence-corrected chi connectivity index (χ3v) is 4.76. The number of rotatable bonds is 3. The number of benzene rings is 2. The monoisotopic (exact) mass is 283 g/mol. The van der Waals surface area contributed by atoms with Crippen LogP contribution in [0.2, 0.25) is 0 Å². The average molecular weight is 283 g/mol. The average Bonchev–Trinajstić information content (AvgIpc) is 2.79. The van der Waals surface area contributed by atoms with Crippen molar-refractivity contribution in [3.05, 3.63) is 42.0 Å². The molecule has 1 fully saturated rings. The van der Waals surface area contributed by atoms with Gasteiger partial charge in [0.1, 0.15) is 5.75 Å². The van der Waals surface area contributed by atoms with Gasteiger partial charge < -0.3 is 10.0 Å². The lowest BCUT2D eigenvalue weighted by molar-refractivity contribution is 0.215. The highest BCUT2D eigenvalue weighted by Gasteiger charge is 2.17. The first-order chi connectivity index (χ1) is 10.3. The van der Waals surface area contributed by atoms with Gasteiger partial charge >= 0.3 is 0 Å². The number of hydrogen-bond donors (Lipinski definition) is 1. The van der Waals surface area contributed by atoms with Crippen molar-refractivity contribution in [2.75, 3.05) is 13.1 Å². The smallest absolute Gasteiger partial charge is 0.126 e. The van der Waals surface area contributed by atoms with E-state index in [9.17, 15) is 5.11 Å². The lowest BCUT2D eigenvalue weighted by atomic mass is 10.00. The Morgan fingerprint density at radius 2 is 1.71 bits per heavy atom. The van der Waals surface area contributed by atoms with Crippen LogP contribution in [0.4, 0.5) is 0 Å². The Morgan fingerprint density at radius 3 is 2.48 bits per heavy atom. The van der Waals surface area contributed by atoms with Gasteiger partial charge in [0.15, 0.2) is 0 Å². The van der Waals surface area contributed by atoms with Gasteiger partial charge in [-0.1, -0.05) is 49.2 Å². The molecule has 2 heteroatoms. The van der Waals surface area contributed by atoms with E-state index in [0.717, 1.165) is 22.8 Å². The van der Waals surface area contributed by atoms with E-state index in [1.165, 1.54) is 38.8 Å². The van der Waals surface area contributed by atoms with Gasteiger partial charge in [0.25, 0.3) is 0 Å². The summed E-state index contributed by atoms with van der Waals surface area (Å²) in [6.07, 6.45) is 6.29. The van der Waals surface area contributed by atoms with E-state index in [1.54, 1.807) is 0 Å². The number of fused-ring (bicyclic) bond motifs is 1. The second kappa shape index (κ2) is 6.48. The third-order valence-electron chi connectivity index (χ3n) is 4.76. The Morgan fingerprint density at radius 1 is 1.00 bits per heavy atom. The van der Waals surface area contributed by atoms with Crippen molar-refractivity contribution in [2.24, 2.45) is 0 Å². The molecule has 0 amide bonds. The topological polar surface area (TPSA) is 23.5 Å². The quantitative estimate of drug-likeness (QED) is 0.905. The van der Waals surface area contributed by atoms with Crippen molar-refractivity contribution in [3.8, 4) is 5.75 Å². The fourth-order valence-electron chi connectivity index (χ4n) is 3.45. The molecule has 0 spiro atoms. The lowest BCUT2D eigenvalue weighted by Gasteiger charge is -2.28. The molecule has 1 aliphatic rings. The molecule has 2 nitrogen and oxygen atoms in total. The minimum atomic E-state index is 0.467. The van der Waals surface area contributed by atoms with Gasteiger partial charge in [0.05, 0.1) is 0 Å². The first-order valence-corrected chi connectivity index (χ1v) is 8.19. The van der Waals surface area contributed by atoms with Crippen LogP contribution in [0.15, 0.2) is 36.4 Å². The van der Waals surface area contributed by atoms with Crippen LogP contribution in [0.5, 0.6) is 5.75 Å². The molecule has 21 heavy (non-hydrogen) atoms. The Bertz CT molecular complexity index is 600. The predicted octanol–water partition coefficient (Wildman–Crippen LogP) is 4.35. The van der Waals surface area contributed by atoms with Gasteiger partial charge in [-0.2, -0.15) is 0 Å². The third kappa shape index (κ3) is 3.21. The van der Waals surface area contributed by atoms with Crippen LogP contribution in [0, 0.1) is 0 Å². The van der Waals surface area contributed by atoms with Gasteiger partial charge in [-0.05, 0) is 50.2 Å². The summed E-state index contributed by atoms with van der Waals surface area (Å²) in [5.74, 6) is 0.467. The Labute approximate surface area is 127 Å². The largest absolute Gasteiger partial charge is 0.507 e. The van der Waals surface area contributed by atoms with Gasteiger partial charge in [-0.3, -0.25) is 0 Å². The molecule has 2 aromatic carbocycles. The van der Waals surface area contributed by atoms with Crippen molar-refractivity contribution in [3.63, 3.8) is 0 Å². The number of phenols is 1. The first-order valence-electron chi connectivity index (χ1n) is 8.19. The molecule has 0 aliphatic carbocycles. The van der Waals surface area contributed by atoms with Crippen molar-refractivity contribution in [1.82, 2.24) is 4.90 Å². The van der Waals surface area contributed by atoms with E-state index < -0.39 is 0 Å². The Hall–Kier alpha value is -1.54. The first kappa shape index (κ1) is 14.4. The molecule has 0 saturated carbocycles. The Kier molecular flexibility index (Phi) is 4.45. The molecule has 0 aromatic heterocycles. The molecule has 1 atom stereocenters. The molecule has 1 N–H and O–H groups in total. The number of nitrogens with zero attached hydrogens (tertiary/aromatic N) is 1. The summed E-state index contributed by atoms with van der Waals surface area (Å²) in [5.41, 5.74) is 1.07. The van der Waals surface area contributed by atoms with Gasteiger partial charge in [0.2, 0.25) is 0 Å². The van der Waals surface area contributed by atoms with Crippen LogP contribution < -0.4 is 0 Å². The number of phenolic OH excluding ortho intramolecular Hbond substituents is 1. The molecule has 1 unspecified atom stereocenters. The normalized spacial score (nSPS) is 18.5. The minimum Gasteiger partial charge on any atom is -0.507 e. The van der Waals surface area contributed by atoms with Crippen LogP contribution in [0.1, 0.15) is 38.2 Å². The SMILES string of the molecule is CC(Cc1ccc2ccccc2c1O)N1CCCCCC1. The van der Waals surface area contributed by atoms with Crippen LogP contribution in [0.25, 0.3) is 10.8 Å². The molecular formula is C19H25NO. The molecule has 2 aromatic rings. The number of likely N-dealkylation sites (tertiary alicyclic amines) is 1. The molecule has 0 bridgehead atoms. The molecule has 1 saturated heterocycles. The fraction of sp³-hybridized carbons (Fsp3) is 0.474. The molecule has 3 rings (SSSR count). The van der Waals surface area contributed by atoms with E-state index in [1.807, 2.05) is 18.2 Å². The van der Waals surface area contributed by atoms with Crippen LogP contribution >= 0.6 is 0 Å². The highest BCUT2D eigenvalue weighted by Crippen LogP contribution is 2.30. The zero-order valence-corrected chi connectivity index (χ0v) is 12.9. The predicted molar refractivity (Wildman–Crippen MR) is 88.8 cm³/mol. The maximum Gasteiger partial charge on any atom is 0.126 e. The zero-order chi connectivity index (χ0) is 14.7. The summed E-state index contributed by atoms with van der Waals surface area (Å²) in [6, 6.07) is 12.8. The van der Waals surface area contributed by atoms with Gasteiger partial charge in [-0.25, -0.2) is 0 Å². The highest BCUT2D eigenvalue weighted by atomic mass is 16.3. The van der Waals surface area contributed by atoms with Crippen molar-refractivity contribution in [2.45, 2.75) is 45.1 Å². The van der Waals surface area contributed by atoms with Crippen LogP contribution in [0.3, 0.4) is 0 Å². The Balaban J connectivity index is 1.79. The summed E-state index contributed by atoms with van der Waals surface area (Å²) >= 11 is 0. The van der Waals surface area contributed by atoms with Gasteiger partial charge in [0, 0.05) is 11.4 Å². The molecule has 1 aliphatic heterocycles. The maximum atomic E-state index is 10.5. The van der Waals surface area contributed by atoms with E-state index in [0.29, 0.717) is 11.8 Å². The van der Waals surface area contributed by atoms with Crippen molar-refractivity contribution >= 4 is 10.8 Å². The highest BCUT2D eigenvalue weighted by molar-refractivity contribution is 5.89. The van der Waals surface area contributed by atoms with Crippen LogP contribution in [-0.4, -0.2) is 29.1 Å². The van der Waals surface area contributed by atoms with Crippen LogP contribution in [-0.2, 0) is 6.42 Å². The van der Waals surface area contributed by atoms with Gasteiger partial charge in [-0.15, -0.1) is 0 Å². The molecule has 112 valence electrons. The second-order valence-electron chi connectivity index (χ2n) is 6.30. The summed E-state index contributed by atoms with van der Waals surface area (Å²) in [4.78, 5) is 2.58. The van der Waals surface area contributed by atoms with E-state index in [-0.39, 0.29) is 0 Å².